The Morgan fingerprint density at radius 3 is 2.30 bits per heavy atom. The molecule has 8 heteroatoms. The summed E-state index contributed by atoms with van der Waals surface area (Å²) in [7, 11) is -3.89. The van der Waals surface area contributed by atoms with E-state index in [0.717, 1.165) is 4.31 Å². The second kappa shape index (κ2) is 5.52. The first-order valence-corrected chi connectivity index (χ1v) is 8.11. The third kappa shape index (κ3) is 2.65. The van der Waals surface area contributed by atoms with E-state index >= 15 is 0 Å². The van der Waals surface area contributed by atoms with Crippen LogP contribution in [-0.4, -0.2) is 36.9 Å². The molecule has 1 aromatic rings. The van der Waals surface area contributed by atoms with Crippen LogP contribution < -0.4 is 0 Å². The van der Waals surface area contributed by atoms with Crippen LogP contribution in [0, 0.1) is 11.8 Å². The SMILES string of the molecule is C[C@@H]1CN(S(=O)(=O)c2c(Cl)cccc2Cl)C[C@H]1C(=O)O. The van der Waals surface area contributed by atoms with Crippen molar-refractivity contribution in [2.75, 3.05) is 13.1 Å². The van der Waals surface area contributed by atoms with Gasteiger partial charge in [0.1, 0.15) is 4.90 Å². The second-order valence-corrected chi connectivity index (χ2v) is 7.48. The maximum absolute atomic E-state index is 12.6. The van der Waals surface area contributed by atoms with Crippen LogP contribution in [0.5, 0.6) is 0 Å². The van der Waals surface area contributed by atoms with Crippen LogP contribution in [0.1, 0.15) is 6.92 Å². The molecule has 0 unspecified atom stereocenters. The Kier molecular flexibility index (Phi) is 4.30. The van der Waals surface area contributed by atoms with E-state index in [0.29, 0.717) is 0 Å². The van der Waals surface area contributed by atoms with Crippen molar-refractivity contribution in [3.05, 3.63) is 28.2 Å². The lowest BCUT2D eigenvalue weighted by Gasteiger charge is -2.17. The Bertz CT molecular complexity index is 627. The average Bonchev–Trinajstić information content (AvgIpc) is 2.71. The maximum Gasteiger partial charge on any atom is 0.308 e. The molecule has 0 bridgehead atoms. The third-order valence-corrected chi connectivity index (χ3v) is 6.20. The number of carbonyl (C=O) groups is 1. The van der Waals surface area contributed by atoms with Crippen molar-refractivity contribution in [2.45, 2.75) is 11.8 Å². The van der Waals surface area contributed by atoms with Crippen molar-refractivity contribution in [3.63, 3.8) is 0 Å². The first kappa shape index (κ1) is 15.6. The van der Waals surface area contributed by atoms with E-state index in [1.54, 1.807) is 13.0 Å². The summed E-state index contributed by atoms with van der Waals surface area (Å²) in [6.45, 7) is 1.78. The Hall–Kier alpha value is -0.820. The standard InChI is InChI=1S/C12H13Cl2NO4S/c1-7-5-15(6-8(7)12(16)17)20(18,19)11-9(13)3-2-4-10(11)14/h2-4,7-8H,5-6H2,1H3,(H,16,17)/t7-,8-/m1/s1. The number of rotatable bonds is 3. The smallest absolute Gasteiger partial charge is 0.308 e. The Balaban J connectivity index is 2.40. The van der Waals surface area contributed by atoms with Gasteiger partial charge in [0.15, 0.2) is 0 Å². The largest absolute Gasteiger partial charge is 0.481 e. The molecular weight excluding hydrogens is 325 g/mol. The van der Waals surface area contributed by atoms with Crippen LogP contribution in [0.15, 0.2) is 23.1 Å². The second-order valence-electron chi connectivity index (χ2n) is 4.79. The monoisotopic (exact) mass is 337 g/mol. The van der Waals surface area contributed by atoms with E-state index in [-0.39, 0.29) is 33.9 Å². The molecule has 5 nitrogen and oxygen atoms in total. The molecule has 1 aliphatic heterocycles. The summed E-state index contributed by atoms with van der Waals surface area (Å²) >= 11 is 11.8. The molecule has 1 N–H and O–H groups in total. The molecule has 0 saturated carbocycles. The Morgan fingerprint density at radius 1 is 1.30 bits per heavy atom. The van der Waals surface area contributed by atoms with E-state index in [1.807, 2.05) is 0 Å². The molecule has 0 radical (unpaired) electrons. The summed E-state index contributed by atoms with van der Waals surface area (Å²) < 4.78 is 26.2. The van der Waals surface area contributed by atoms with Crippen LogP contribution in [-0.2, 0) is 14.8 Å². The molecule has 1 heterocycles. The zero-order valence-electron chi connectivity index (χ0n) is 10.6. The molecule has 0 amide bonds. The topological polar surface area (TPSA) is 74.7 Å². The van der Waals surface area contributed by atoms with Gasteiger partial charge < -0.3 is 5.11 Å². The van der Waals surface area contributed by atoms with E-state index in [1.165, 1.54) is 12.1 Å². The number of sulfonamides is 1. The van der Waals surface area contributed by atoms with Gasteiger partial charge >= 0.3 is 5.97 Å². The number of aliphatic carboxylic acids is 1. The van der Waals surface area contributed by atoms with Gasteiger partial charge in [0.25, 0.3) is 0 Å². The quantitative estimate of drug-likeness (QED) is 0.918. The fourth-order valence-corrected chi connectivity index (χ4v) is 4.96. The zero-order valence-corrected chi connectivity index (χ0v) is 12.9. The summed E-state index contributed by atoms with van der Waals surface area (Å²) in [6, 6.07) is 4.43. The van der Waals surface area contributed by atoms with Crippen LogP contribution in [0.3, 0.4) is 0 Å². The van der Waals surface area contributed by atoms with Crippen LogP contribution in [0.4, 0.5) is 0 Å². The summed E-state index contributed by atoms with van der Waals surface area (Å²) in [5.74, 6) is -1.98. The number of benzene rings is 1. The van der Waals surface area contributed by atoms with Gasteiger partial charge in [-0.25, -0.2) is 8.42 Å². The molecule has 0 aromatic heterocycles. The zero-order chi connectivity index (χ0) is 15.1. The van der Waals surface area contributed by atoms with E-state index < -0.39 is 21.9 Å². The molecule has 0 aliphatic carbocycles. The first-order chi connectivity index (χ1) is 9.25. The van der Waals surface area contributed by atoms with Crippen LogP contribution in [0.2, 0.25) is 10.0 Å². The van der Waals surface area contributed by atoms with Gasteiger partial charge in [-0.2, -0.15) is 4.31 Å². The van der Waals surface area contributed by atoms with Gasteiger partial charge in [0.05, 0.1) is 16.0 Å². The summed E-state index contributed by atoms with van der Waals surface area (Å²) in [5.41, 5.74) is 0. The third-order valence-electron chi connectivity index (χ3n) is 3.41. The van der Waals surface area contributed by atoms with Gasteiger partial charge in [0, 0.05) is 13.1 Å². The highest BCUT2D eigenvalue weighted by molar-refractivity contribution is 7.89. The molecule has 1 aromatic carbocycles. The molecule has 20 heavy (non-hydrogen) atoms. The fraction of sp³-hybridized carbons (Fsp3) is 0.417. The first-order valence-electron chi connectivity index (χ1n) is 5.92. The molecule has 2 rings (SSSR count). The average molecular weight is 338 g/mol. The summed E-state index contributed by atoms with van der Waals surface area (Å²) in [6.07, 6.45) is 0. The molecule has 1 aliphatic rings. The van der Waals surface area contributed by atoms with E-state index in [2.05, 4.69) is 0 Å². The molecular formula is C12H13Cl2NO4S. The normalized spacial score (nSPS) is 23.9. The Labute approximate surface area is 127 Å². The van der Waals surface area contributed by atoms with Gasteiger partial charge in [-0.1, -0.05) is 36.2 Å². The minimum absolute atomic E-state index is 0.0314. The van der Waals surface area contributed by atoms with Gasteiger partial charge in [-0.3, -0.25) is 4.79 Å². The minimum atomic E-state index is -3.89. The maximum atomic E-state index is 12.6. The predicted molar refractivity (Wildman–Crippen MR) is 75.5 cm³/mol. The Morgan fingerprint density at radius 2 is 1.85 bits per heavy atom. The number of carboxylic acids is 1. The van der Waals surface area contributed by atoms with Gasteiger partial charge in [-0.05, 0) is 18.1 Å². The lowest BCUT2D eigenvalue weighted by Crippen LogP contribution is -2.30. The fourth-order valence-electron chi connectivity index (χ4n) is 2.30. The number of hydrogen-bond acceptors (Lipinski definition) is 3. The van der Waals surface area contributed by atoms with Gasteiger partial charge in [-0.15, -0.1) is 0 Å². The van der Waals surface area contributed by atoms with Crippen LogP contribution in [0.25, 0.3) is 0 Å². The molecule has 2 atom stereocenters. The lowest BCUT2D eigenvalue weighted by atomic mass is 9.99. The number of hydrogen-bond donors (Lipinski definition) is 1. The highest BCUT2D eigenvalue weighted by atomic mass is 35.5. The lowest BCUT2D eigenvalue weighted by molar-refractivity contribution is -0.142. The van der Waals surface area contributed by atoms with Crippen molar-refractivity contribution in [2.24, 2.45) is 11.8 Å². The summed E-state index contributed by atoms with van der Waals surface area (Å²) in [4.78, 5) is 10.9. The molecule has 110 valence electrons. The van der Waals surface area contributed by atoms with Crippen molar-refractivity contribution in [3.8, 4) is 0 Å². The van der Waals surface area contributed by atoms with Crippen molar-refractivity contribution in [1.29, 1.82) is 0 Å². The van der Waals surface area contributed by atoms with Crippen molar-refractivity contribution in [1.82, 2.24) is 4.31 Å². The highest BCUT2D eigenvalue weighted by Crippen LogP contribution is 2.35. The minimum Gasteiger partial charge on any atom is -0.481 e. The van der Waals surface area contributed by atoms with Gasteiger partial charge in [0.2, 0.25) is 10.0 Å². The number of nitrogens with zero attached hydrogens (tertiary/aromatic N) is 1. The van der Waals surface area contributed by atoms with E-state index in [9.17, 15) is 13.2 Å². The van der Waals surface area contributed by atoms with Crippen molar-refractivity contribution < 1.29 is 18.3 Å². The van der Waals surface area contributed by atoms with Crippen molar-refractivity contribution >= 4 is 39.2 Å². The highest BCUT2D eigenvalue weighted by Gasteiger charge is 2.41. The molecule has 1 fully saturated rings. The van der Waals surface area contributed by atoms with Crippen LogP contribution >= 0.6 is 23.2 Å². The number of halogens is 2. The predicted octanol–water partition coefficient (Wildman–Crippen LogP) is 2.33. The molecule has 0 spiro atoms. The number of carboxylic acid groups (broad SMARTS) is 1. The summed E-state index contributed by atoms with van der Waals surface area (Å²) in [5, 5.41) is 9.14. The molecule has 1 saturated heterocycles. The van der Waals surface area contributed by atoms with E-state index in [4.69, 9.17) is 28.3 Å².